The number of benzene rings is 2. The third kappa shape index (κ3) is 6.23. The molecular formula is C22H23ClN4O5S. The number of hydrogen-bond acceptors (Lipinski definition) is 7. The van der Waals surface area contributed by atoms with Crippen LogP contribution in [0.1, 0.15) is 26.7 Å². The lowest BCUT2D eigenvalue weighted by atomic mass is 10.2. The molecule has 1 aliphatic rings. The Hall–Kier alpha value is -3.11. The van der Waals surface area contributed by atoms with Crippen LogP contribution in [-0.2, 0) is 9.59 Å². The minimum Gasteiger partial charge on any atom is -0.494 e. The Morgan fingerprint density at radius 3 is 2.64 bits per heavy atom. The quantitative estimate of drug-likeness (QED) is 0.390. The zero-order chi connectivity index (χ0) is 24.0. The van der Waals surface area contributed by atoms with Crippen LogP contribution in [0, 0.1) is 10.1 Å². The van der Waals surface area contributed by atoms with E-state index in [9.17, 15) is 19.7 Å². The highest BCUT2D eigenvalue weighted by Crippen LogP contribution is 2.33. The summed E-state index contributed by atoms with van der Waals surface area (Å²) in [6.45, 7) is 4.90. The normalized spacial score (nSPS) is 16.8. The first-order chi connectivity index (χ1) is 15.8. The molecule has 1 fully saturated rings. The van der Waals surface area contributed by atoms with Crippen molar-refractivity contribution in [1.82, 2.24) is 4.90 Å². The Kier molecular flexibility index (Phi) is 8.29. The second kappa shape index (κ2) is 11.2. The SMILES string of the molecule is CCCN1C(=O)C(CC(=O)Nc2cc([N+](=O)[O-])ccc2Cl)SC1=Nc1ccc(OCC)cc1. The highest BCUT2D eigenvalue weighted by molar-refractivity contribution is 8.15. The standard InChI is InChI=1S/C22H23ClN4O5S/c1-3-11-26-21(29)19(33-22(26)24-14-5-8-16(9-6-14)32-4-2)13-20(28)25-18-12-15(27(30)31)7-10-17(18)23/h5-10,12,19H,3-4,11,13H2,1-2H3,(H,25,28). The molecule has 1 unspecified atom stereocenters. The van der Waals surface area contributed by atoms with Gasteiger partial charge in [0.1, 0.15) is 11.0 Å². The van der Waals surface area contributed by atoms with E-state index in [1.807, 2.05) is 26.0 Å². The van der Waals surface area contributed by atoms with Gasteiger partial charge in [-0.2, -0.15) is 0 Å². The summed E-state index contributed by atoms with van der Waals surface area (Å²) in [5.74, 6) is 0.0604. The van der Waals surface area contributed by atoms with E-state index in [4.69, 9.17) is 16.3 Å². The number of nitro groups is 1. The van der Waals surface area contributed by atoms with E-state index in [0.717, 1.165) is 12.2 Å². The monoisotopic (exact) mass is 490 g/mol. The van der Waals surface area contributed by atoms with Crippen LogP contribution in [0.4, 0.5) is 17.1 Å². The van der Waals surface area contributed by atoms with Gasteiger partial charge in [-0.3, -0.25) is 24.6 Å². The first-order valence-electron chi connectivity index (χ1n) is 10.4. The van der Waals surface area contributed by atoms with Crippen molar-refractivity contribution < 1.29 is 19.2 Å². The molecule has 1 heterocycles. The van der Waals surface area contributed by atoms with Gasteiger partial charge in [-0.15, -0.1) is 0 Å². The van der Waals surface area contributed by atoms with Crippen molar-refractivity contribution in [3.05, 3.63) is 57.6 Å². The summed E-state index contributed by atoms with van der Waals surface area (Å²) < 4.78 is 5.44. The summed E-state index contributed by atoms with van der Waals surface area (Å²) in [5, 5.41) is 13.6. The van der Waals surface area contributed by atoms with Crippen LogP contribution < -0.4 is 10.1 Å². The lowest BCUT2D eigenvalue weighted by molar-refractivity contribution is -0.384. The van der Waals surface area contributed by atoms with Crippen molar-refractivity contribution in [2.24, 2.45) is 4.99 Å². The fourth-order valence-corrected chi connectivity index (χ4v) is 4.49. The second-order valence-corrected chi connectivity index (χ2v) is 8.67. The summed E-state index contributed by atoms with van der Waals surface area (Å²) in [7, 11) is 0. The lowest BCUT2D eigenvalue weighted by Crippen LogP contribution is -2.34. The van der Waals surface area contributed by atoms with Crippen molar-refractivity contribution in [3.63, 3.8) is 0 Å². The molecule has 1 N–H and O–H groups in total. The topological polar surface area (TPSA) is 114 Å². The number of amides is 2. The molecule has 33 heavy (non-hydrogen) atoms. The van der Waals surface area contributed by atoms with E-state index in [1.54, 1.807) is 17.0 Å². The molecule has 0 aromatic heterocycles. The molecule has 3 rings (SSSR count). The van der Waals surface area contributed by atoms with Crippen LogP contribution in [0.25, 0.3) is 0 Å². The minimum atomic E-state index is -0.657. The first-order valence-corrected chi connectivity index (χ1v) is 11.6. The maximum atomic E-state index is 12.9. The summed E-state index contributed by atoms with van der Waals surface area (Å²) in [5.41, 5.74) is 0.600. The number of nitro benzene ring substituents is 1. The number of carbonyl (C=O) groups is 2. The largest absolute Gasteiger partial charge is 0.494 e. The van der Waals surface area contributed by atoms with E-state index in [-0.39, 0.29) is 28.7 Å². The summed E-state index contributed by atoms with van der Waals surface area (Å²) in [4.78, 5) is 42.1. The Labute approximate surface area is 200 Å². The summed E-state index contributed by atoms with van der Waals surface area (Å²) in [6, 6.07) is 11.0. The van der Waals surface area contributed by atoms with Gasteiger partial charge in [0.25, 0.3) is 5.69 Å². The minimum absolute atomic E-state index is 0.120. The Morgan fingerprint density at radius 1 is 1.27 bits per heavy atom. The first kappa shape index (κ1) is 24.5. The van der Waals surface area contributed by atoms with Crippen LogP contribution in [-0.4, -0.2) is 45.2 Å². The zero-order valence-electron chi connectivity index (χ0n) is 18.1. The molecule has 1 saturated heterocycles. The van der Waals surface area contributed by atoms with Crippen LogP contribution >= 0.6 is 23.4 Å². The van der Waals surface area contributed by atoms with Gasteiger partial charge in [0.15, 0.2) is 5.17 Å². The molecule has 2 amide bonds. The number of carbonyl (C=O) groups excluding carboxylic acids is 2. The van der Waals surface area contributed by atoms with Gasteiger partial charge in [0.05, 0.1) is 27.9 Å². The van der Waals surface area contributed by atoms with Gasteiger partial charge in [0.2, 0.25) is 11.8 Å². The Morgan fingerprint density at radius 2 is 2.00 bits per heavy atom. The van der Waals surface area contributed by atoms with E-state index in [1.165, 1.54) is 30.0 Å². The smallest absolute Gasteiger partial charge is 0.271 e. The number of nitrogens with one attached hydrogen (secondary N) is 1. The maximum Gasteiger partial charge on any atom is 0.271 e. The molecule has 1 aliphatic heterocycles. The number of anilines is 1. The number of nitrogens with zero attached hydrogens (tertiary/aromatic N) is 3. The van der Waals surface area contributed by atoms with E-state index >= 15 is 0 Å². The molecule has 0 bridgehead atoms. The average molecular weight is 491 g/mol. The number of amidine groups is 1. The van der Waals surface area contributed by atoms with Crippen molar-refractivity contribution >= 4 is 57.4 Å². The fraction of sp³-hybridized carbons (Fsp3) is 0.318. The summed E-state index contributed by atoms with van der Waals surface area (Å²) in [6.07, 6.45) is 0.613. The van der Waals surface area contributed by atoms with Crippen LogP contribution in [0.15, 0.2) is 47.5 Å². The van der Waals surface area contributed by atoms with Gasteiger partial charge in [-0.25, -0.2) is 4.99 Å². The fourth-order valence-electron chi connectivity index (χ4n) is 3.14. The molecule has 0 aliphatic carbocycles. The molecule has 9 nitrogen and oxygen atoms in total. The molecule has 0 radical (unpaired) electrons. The van der Waals surface area contributed by atoms with E-state index in [0.29, 0.717) is 24.0 Å². The number of rotatable bonds is 9. The summed E-state index contributed by atoms with van der Waals surface area (Å²) >= 11 is 7.27. The number of hydrogen-bond donors (Lipinski definition) is 1. The van der Waals surface area contributed by atoms with E-state index < -0.39 is 16.1 Å². The Bertz CT molecular complexity index is 1080. The molecule has 2 aromatic carbocycles. The van der Waals surface area contributed by atoms with Gasteiger partial charge < -0.3 is 10.1 Å². The molecule has 11 heteroatoms. The van der Waals surface area contributed by atoms with Gasteiger partial charge >= 0.3 is 0 Å². The highest BCUT2D eigenvalue weighted by Gasteiger charge is 2.38. The van der Waals surface area contributed by atoms with Crippen LogP contribution in [0.5, 0.6) is 5.75 Å². The number of aliphatic imine (C=N–C) groups is 1. The Balaban J connectivity index is 1.73. The molecule has 1 atom stereocenters. The lowest BCUT2D eigenvalue weighted by Gasteiger charge is -2.15. The maximum absolute atomic E-state index is 12.9. The van der Waals surface area contributed by atoms with Gasteiger partial charge in [0, 0.05) is 25.1 Å². The van der Waals surface area contributed by atoms with Gasteiger partial charge in [-0.1, -0.05) is 30.3 Å². The third-order valence-corrected chi connectivity index (χ3v) is 6.15. The zero-order valence-corrected chi connectivity index (χ0v) is 19.7. The second-order valence-electron chi connectivity index (χ2n) is 7.09. The molecule has 2 aromatic rings. The average Bonchev–Trinajstić information content (AvgIpc) is 3.05. The van der Waals surface area contributed by atoms with Crippen molar-refractivity contribution in [1.29, 1.82) is 0 Å². The predicted octanol–water partition coefficient (Wildman–Crippen LogP) is 5.02. The van der Waals surface area contributed by atoms with Crippen LogP contribution in [0.3, 0.4) is 0 Å². The number of ether oxygens (including phenoxy) is 1. The third-order valence-electron chi connectivity index (χ3n) is 4.65. The number of thioether (sulfide) groups is 1. The van der Waals surface area contributed by atoms with Crippen LogP contribution in [0.2, 0.25) is 5.02 Å². The predicted molar refractivity (Wildman–Crippen MR) is 129 cm³/mol. The van der Waals surface area contributed by atoms with Gasteiger partial charge in [-0.05, 0) is 43.7 Å². The molecule has 174 valence electrons. The number of halogens is 1. The molecule has 0 saturated carbocycles. The number of non-ortho nitro benzene ring substituents is 1. The molecular weight excluding hydrogens is 468 g/mol. The highest BCUT2D eigenvalue weighted by atomic mass is 35.5. The van der Waals surface area contributed by atoms with Crippen molar-refractivity contribution in [2.75, 3.05) is 18.5 Å². The van der Waals surface area contributed by atoms with Crippen molar-refractivity contribution in [3.8, 4) is 5.75 Å². The van der Waals surface area contributed by atoms with Crippen molar-refractivity contribution in [2.45, 2.75) is 31.9 Å². The van der Waals surface area contributed by atoms with E-state index in [2.05, 4.69) is 10.3 Å². The molecule has 0 spiro atoms.